The monoisotopic (exact) mass is 178 g/mol. The van der Waals surface area contributed by atoms with Gasteiger partial charge in [-0.2, -0.15) is 8.78 Å². The summed E-state index contributed by atoms with van der Waals surface area (Å²) in [4.78, 5) is 10.5. The van der Waals surface area contributed by atoms with E-state index in [9.17, 15) is 13.6 Å². The van der Waals surface area contributed by atoms with E-state index in [1.807, 2.05) is 0 Å². The van der Waals surface area contributed by atoms with Crippen molar-refractivity contribution in [2.75, 3.05) is 6.61 Å². The van der Waals surface area contributed by atoms with Gasteiger partial charge in [0.2, 0.25) is 0 Å². The van der Waals surface area contributed by atoms with Crippen LogP contribution in [-0.2, 0) is 9.53 Å². The zero-order chi connectivity index (χ0) is 9.19. The number of hydrogen-bond donors (Lipinski definition) is 0. The molecule has 1 fully saturated rings. The van der Waals surface area contributed by atoms with Crippen LogP contribution in [0.5, 0.6) is 0 Å². The number of esters is 1. The van der Waals surface area contributed by atoms with Crippen LogP contribution in [0.3, 0.4) is 0 Å². The van der Waals surface area contributed by atoms with Gasteiger partial charge in [0, 0.05) is 6.92 Å². The van der Waals surface area contributed by atoms with E-state index < -0.39 is 11.9 Å². The van der Waals surface area contributed by atoms with Gasteiger partial charge in [-0.3, -0.25) is 0 Å². The van der Waals surface area contributed by atoms with Crippen LogP contribution < -0.4 is 0 Å². The fourth-order valence-corrected chi connectivity index (χ4v) is 0.980. The quantitative estimate of drug-likeness (QED) is 0.618. The van der Waals surface area contributed by atoms with E-state index in [0.717, 1.165) is 19.3 Å². The number of carbonyl (C=O) groups excluding carboxylic acids is 1. The molecule has 0 spiro atoms. The Morgan fingerprint density at radius 1 is 1.58 bits per heavy atom. The molecule has 0 bridgehead atoms. The van der Waals surface area contributed by atoms with Crippen molar-refractivity contribution in [3.63, 3.8) is 0 Å². The van der Waals surface area contributed by atoms with Crippen molar-refractivity contribution in [1.29, 1.82) is 0 Å². The first-order chi connectivity index (χ1) is 5.50. The Morgan fingerprint density at radius 2 is 2.17 bits per heavy atom. The fraction of sp³-hybridized carbons (Fsp3) is 0.875. The second kappa shape index (κ2) is 3.37. The third kappa shape index (κ3) is 2.43. The fourth-order valence-electron chi connectivity index (χ4n) is 0.980. The highest BCUT2D eigenvalue weighted by Gasteiger charge is 2.35. The summed E-state index contributed by atoms with van der Waals surface area (Å²) >= 11 is 0. The van der Waals surface area contributed by atoms with Crippen LogP contribution in [0.25, 0.3) is 0 Å². The first-order valence-corrected chi connectivity index (χ1v) is 4.05. The number of rotatable bonds is 3. The maximum atomic E-state index is 12.2. The molecule has 1 aliphatic rings. The molecule has 0 unspecified atom stereocenters. The van der Waals surface area contributed by atoms with Crippen LogP contribution in [0.1, 0.15) is 26.2 Å². The number of alkyl halides is 2. The van der Waals surface area contributed by atoms with Gasteiger partial charge in [-0.15, -0.1) is 0 Å². The standard InChI is InChI=1S/C8H12F2O2/c1-8(9,10)7(11)12-5-6-3-2-4-6/h6H,2-5H2,1H3. The van der Waals surface area contributed by atoms with E-state index >= 15 is 0 Å². The van der Waals surface area contributed by atoms with Crippen LogP contribution in [-0.4, -0.2) is 18.5 Å². The zero-order valence-electron chi connectivity index (χ0n) is 6.98. The molecule has 2 nitrogen and oxygen atoms in total. The highest BCUT2D eigenvalue weighted by Crippen LogP contribution is 2.27. The van der Waals surface area contributed by atoms with Gasteiger partial charge in [-0.1, -0.05) is 6.42 Å². The van der Waals surface area contributed by atoms with E-state index in [1.165, 1.54) is 0 Å². The number of halogens is 2. The lowest BCUT2D eigenvalue weighted by Crippen LogP contribution is -2.30. The third-order valence-electron chi connectivity index (χ3n) is 2.03. The molecule has 0 aromatic rings. The minimum Gasteiger partial charge on any atom is -0.461 e. The van der Waals surface area contributed by atoms with Crippen LogP contribution in [0.2, 0.25) is 0 Å². The van der Waals surface area contributed by atoms with Crippen LogP contribution in [0.15, 0.2) is 0 Å². The highest BCUT2D eigenvalue weighted by atomic mass is 19.3. The smallest absolute Gasteiger partial charge is 0.376 e. The molecule has 0 N–H and O–H groups in total. The molecule has 0 aromatic carbocycles. The second-order valence-corrected chi connectivity index (χ2v) is 3.28. The SMILES string of the molecule is CC(F)(F)C(=O)OCC1CCC1. The average Bonchev–Trinajstić information content (AvgIpc) is 1.81. The second-order valence-electron chi connectivity index (χ2n) is 3.28. The summed E-state index contributed by atoms with van der Waals surface area (Å²) in [6, 6.07) is 0. The molecule has 0 aliphatic heterocycles. The normalized spacial score (nSPS) is 18.6. The largest absolute Gasteiger partial charge is 0.461 e. The minimum atomic E-state index is -3.34. The van der Waals surface area contributed by atoms with E-state index in [-0.39, 0.29) is 6.61 Å². The van der Waals surface area contributed by atoms with Crippen LogP contribution in [0.4, 0.5) is 8.78 Å². The first kappa shape index (κ1) is 9.42. The van der Waals surface area contributed by atoms with Gasteiger partial charge in [0.25, 0.3) is 0 Å². The predicted octanol–water partition coefficient (Wildman–Crippen LogP) is 1.98. The Labute approximate surface area is 69.9 Å². The molecule has 0 radical (unpaired) electrons. The molecule has 1 aliphatic carbocycles. The molecule has 0 aromatic heterocycles. The highest BCUT2D eigenvalue weighted by molar-refractivity contribution is 5.76. The van der Waals surface area contributed by atoms with E-state index in [1.54, 1.807) is 0 Å². The van der Waals surface area contributed by atoms with Crippen molar-refractivity contribution in [1.82, 2.24) is 0 Å². The van der Waals surface area contributed by atoms with Crippen molar-refractivity contribution in [3.8, 4) is 0 Å². The van der Waals surface area contributed by atoms with Crippen LogP contribution in [0, 0.1) is 5.92 Å². The van der Waals surface area contributed by atoms with Crippen molar-refractivity contribution >= 4 is 5.97 Å². The zero-order valence-corrected chi connectivity index (χ0v) is 6.98. The molecule has 1 saturated carbocycles. The molecule has 4 heteroatoms. The summed E-state index contributed by atoms with van der Waals surface area (Å²) in [7, 11) is 0. The first-order valence-electron chi connectivity index (χ1n) is 4.05. The Hall–Kier alpha value is -0.670. The number of carbonyl (C=O) groups is 1. The topological polar surface area (TPSA) is 26.3 Å². The van der Waals surface area contributed by atoms with Gasteiger partial charge in [0.1, 0.15) is 0 Å². The summed E-state index contributed by atoms with van der Waals surface area (Å²) in [6.45, 7) is 0.707. The molecule has 12 heavy (non-hydrogen) atoms. The lowest BCUT2D eigenvalue weighted by Gasteiger charge is -2.25. The maximum Gasteiger partial charge on any atom is 0.376 e. The molecule has 0 saturated heterocycles. The lowest BCUT2D eigenvalue weighted by molar-refractivity contribution is -0.171. The molecule has 70 valence electrons. The molecular weight excluding hydrogens is 166 g/mol. The van der Waals surface area contributed by atoms with Gasteiger partial charge in [0.05, 0.1) is 6.61 Å². The summed E-state index contributed by atoms with van der Waals surface area (Å²) < 4.78 is 28.8. The molecule has 0 atom stereocenters. The third-order valence-corrected chi connectivity index (χ3v) is 2.03. The Morgan fingerprint density at radius 3 is 2.50 bits per heavy atom. The van der Waals surface area contributed by atoms with Crippen molar-refractivity contribution in [2.24, 2.45) is 5.92 Å². The summed E-state index contributed by atoms with van der Waals surface area (Å²) in [6.07, 6.45) is 3.09. The summed E-state index contributed by atoms with van der Waals surface area (Å²) in [5.74, 6) is -4.44. The molecule has 0 amide bonds. The number of hydrogen-bond acceptors (Lipinski definition) is 2. The molecular formula is C8H12F2O2. The van der Waals surface area contributed by atoms with Crippen molar-refractivity contribution < 1.29 is 18.3 Å². The number of ether oxygens (including phenoxy) is 1. The summed E-state index contributed by atoms with van der Waals surface area (Å²) in [5.41, 5.74) is 0. The predicted molar refractivity (Wildman–Crippen MR) is 38.9 cm³/mol. The average molecular weight is 178 g/mol. The van der Waals surface area contributed by atoms with E-state index in [0.29, 0.717) is 12.8 Å². The molecule has 0 heterocycles. The van der Waals surface area contributed by atoms with Gasteiger partial charge < -0.3 is 4.74 Å². The van der Waals surface area contributed by atoms with Crippen molar-refractivity contribution in [3.05, 3.63) is 0 Å². The molecule has 1 rings (SSSR count). The van der Waals surface area contributed by atoms with E-state index in [2.05, 4.69) is 4.74 Å². The minimum absolute atomic E-state index is 0.155. The Balaban J connectivity index is 2.17. The van der Waals surface area contributed by atoms with Gasteiger partial charge in [-0.25, -0.2) is 4.79 Å². The summed E-state index contributed by atoms with van der Waals surface area (Å²) in [5, 5.41) is 0. The maximum absolute atomic E-state index is 12.2. The Kier molecular flexibility index (Phi) is 2.65. The van der Waals surface area contributed by atoms with E-state index in [4.69, 9.17) is 0 Å². The van der Waals surface area contributed by atoms with Gasteiger partial charge in [-0.05, 0) is 18.8 Å². The van der Waals surface area contributed by atoms with Gasteiger partial charge >= 0.3 is 11.9 Å². The van der Waals surface area contributed by atoms with Crippen LogP contribution >= 0.6 is 0 Å². The lowest BCUT2D eigenvalue weighted by atomic mass is 9.86. The van der Waals surface area contributed by atoms with Crippen molar-refractivity contribution in [2.45, 2.75) is 32.1 Å². The van der Waals surface area contributed by atoms with Gasteiger partial charge in [0.15, 0.2) is 0 Å². The Bertz CT molecular complexity index is 170.